The standard InChI is InChI=1S/C26H26N2OS.C11H19NO2.C5H11N/c1-4-18(3)25-22-15-20-13-9-10-14-21(20)16-23(22)27-26(28(25)5-2)30-24(17-29)19-11-7-6-8-12-19;1-3-14-11(13)8-7-10(12-2)9-5-4-6-9;1-6-4-2-3-5-6/h6-17,24H,4-5H2,1-3H3;12H,3-8H2,1-2H3;2-5H2,1H3. The summed E-state index contributed by atoms with van der Waals surface area (Å²) in [6.45, 7) is 12.3. The van der Waals surface area contributed by atoms with E-state index in [0.717, 1.165) is 42.1 Å². The van der Waals surface area contributed by atoms with Gasteiger partial charge in [0.15, 0.2) is 5.17 Å². The number of allylic oxidation sites excluding steroid dienone is 3. The van der Waals surface area contributed by atoms with Crippen molar-refractivity contribution in [2.75, 3.05) is 40.3 Å². The summed E-state index contributed by atoms with van der Waals surface area (Å²) in [5.74, 6) is -0.0971. The van der Waals surface area contributed by atoms with Gasteiger partial charge in [-0.05, 0) is 120 Å². The quantitative estimate of drug-likeness (QED) is 0.167. The average Bonchev–Trinajstić information content (AvgIpc) is 3.61. The molecule has 6 rings (SSSR count). The molecule has 2 heterocycles. The minimum atomic E-state index is -0.288. The number of fused-ring (bicyclic) bond motifs is 2. The monoisotopic (exact) mass is 696 g/mol. The van der Waals surface area contributed by atoms with Crippen LogP contribution in [0.15, 0.2) is 88.6 Å². The predicted molar refractivity (Wildman–Crippen MR) is 212 cm³/mol. The number of amidine groups is 1. The lowest BCUT2D eigenvalue weighted by Gasteiger charge is -2.34. The number of carbonyl (C=O) groups excluding carboxylic acids is 2. The van der Waals surface area contributed by atoms with Gasteiger partial charge in [-0.3, -0.25) is 4.79 Å². The summed E-state index contributed by atoms with van der Waals surface area (Å²) in [5.41, 5.74) is 8.40. The Bertz CT molecular complexity index is 1650. The summed E-state index contributed by atoms with van der Waals surface area (Å²) >= 11 is 1.53. The number of aldehydes is 1. The van der Waals surface area contributed by atoms with E-state index in [0.29, 0.717) is 13.0 Å². The number of aliphatic imine (C=N–C) groups is 1. The first-order chi connectivity index (χ1) is 24.3. The first-order valence-electron chi connectivity index (χ1n) is 18.3. The SMILES string of the molecule is CCC(C)=C1c2cc3ccccc3cc2N=C(SC(C=O)c2ccccc2)N1CC.CCOC(=O)CCC(NC)=C1CCC1.CN1CCCC1. The smallest absolute Gasteiger partial charge is 0.306 e. The molecule has 1 atom stereocenters. The summed E-state index contributed by atoms with van der Waals surface area (Å²) < 4.78 is 4.88. The maximum atomic E-state index is 12.0. The lowest BCUT2D eigenvalue weighted by atomic mass is 9.89. The highest BCUT2D eigenvalue weighted by Crippen LogP contribution is 2.43. The maximum absolute atomic E-state index is 12.0. The van der Waals surface area contributed by atoms with E-state index in [4.69, 9.17) is 9.73 Å². The Balaban J connectivity index is 0.000000231. The zero-order chi connectivity index (χ0) is 35.9. The molecule has 7 nitrogen and oxygen atoms in total. The summed E-state index contributed by atoms with van der Waals surface area (Å²) in [6.07, 6.45) is 9.78. The molecule has 0 bridgehead atoms. The molecular weight excluding hydrogens is 641 g/mol. The van der Waals surface area contributed by atoms with Crippen molar-refractivity contribution in [2.24, 2.45) is 4.99 Å². The van der Waals surface area contributed by atoms with Crippen LogP contribution in [0.5, 0.6) is 0 Å². The molecule has 1 saturated carbocycles. The number of nitrogens with zero attached hydrogens (tertiary/aromatic N) is 3. The Hall–Kier alpha value is -3.88. The van der Waals surface area contributed by atoms with Gasteiger partial charge in [0.1, 0.15) is 6.29 Å². The van der Waals surface area contributed by atoms with Crippen LogP contribution in [0.2, 0.25) is 0 Å². The van der Waals surface area contributed by atoms with Gasteiger partial charge in [0, 0.05) is 24.9 Å². The zero-order valence-electron chi connectivity index (χ0n) is 31.0. The summed E-state index contributed by atoms with van der Waals surface area (Å²) in [5, 5.41) is 6.16. The van der Waals surface area contributed by atoms with Crippen LogP contribution in [-0.2, 0) is 14.3 Å². The highest BCUT2D eigenvalue weighted by atomic mass is 32.2. The highest BCUT2D eigenvalue weighted by Gasteiger charge is 2.28. The lowest BCUT2D eigenvalue weighted by Crippen LogP contribution is -2.31. The van der Waals surface area contributed by atoms with Crippen LogP contribution in [-0.4, -0.2) is 67.6 Å². The molecule has 8 heteroatoms. The van der Waals surface area contributed by atoms with Crippen LogP contribution in [0.25, 0.3) is 16.5 Å². The number of likely N-dealkylation sites (tertiary alicyclic amines) is 1. The second kappa shape index (κ2) is 20.1. The van der Waals surface area contributed by atoms with Gasteiger partial charge in [-0.2, -0.15) is 0 Å². The van der Waals surface area contributed by atoms with E-state index < -0.39 is 0 Å². The van der Waals surface area contributed by atoms with Crippen molar-refractivity contribution >= 4 is 51.3 Å². The van der Waals surface area contributed by atoms with Gasteiger partial charge < -0.3 is 24.6 Å². The number of thioether (sulfide) groups is 1. The molecule has 3 aliphatic rings. The summed E-state index contributed by atoms with van der Waals surface area (Å²) in [4.78, 5) is 32.7. The van der Waals surface area contributed by atoms with Gasteiger partial charge in [0.2, 0.25) is 0 Å². The molecule has 1 N–H and O–H groups in total. The number of hydrogen-bond donors (Lipinski definition) is 1. The number of benzene rings is 3. The number of rotatable bonds is 10. The Morgan fingerprint density at radius 3 is 2.14 bits per heavy atom. The third-order valence-corrected chi connectivity index (χ3v) is 10.6. The van der Waals surface area contributed by atoms with Crippen molar-refractivity contribution in [1.29, 1.82) is 0 Å². The van der Waals surface area contributed by atoms with Crippen LogP contribution in [0.3, 0.4) is 0 Å². The van der Waals surface area contributed by atoms with Crippen molar-refractivity contribution < 1.29 is 14.3 Å². The number of esters is 1. The van der Waals surface area contributed by atoms with E-state index in [9.17, 15) is 9.59 Å². The van der Waals surface area contributed by atoms with E-state index in [-0.39, 0.29) is 11.2 Å². The zero-order valence-corrected chi connectivity index (χ0v) is 31.8. The maximum Gasteiger partial charge on any atom is 0.306 e. The molecule has 1 saturated heterocycles. The van der Waals surface area contributed by atoms with Gasteiger partial charge in [-0.1, -0.05) is 78.9 Å². The van der Waals surface area contributed by atoms with Gasteiger partial charge >= 0.3 is 5.97 Å². The number of carbonyl (C=O) groups is 2. The van der Waals surface area contributed by atoms with Crippen molar-refractivity contribution in [3.8, 4) is 0 Å². The van der Waals surface area contributed by atoms with Crippen molar-refractivity contribution in [1.82, 2.24) is 15.1 Å². The minimum absolute atomic E-state index is 0.0971. The topological polar surface area (TPSA) is 74.2 Å². The van der Waals surface area contributed by atoms with Gasteiger partial charge in [-0.25, -0.2) is 4.99 Å². The average molecular weight is 697 g/mol. The van der Waals surface area contributed by atoms with E-state index in [2.05, 4.69) is 79.3 Å². The molecule has 2 fully saturated rings. The molecule has 0 amide bonds. The third kappa shape index (κ3) is 10.6. The lowest BCUT2D eigenvalue weighted by molar-refractivity contribution is -0.143. The minimum Gasteiger partial charge on any atom is -0.466 e. The molecule has 268 valence electrons. The normalized spacial score (nSPS) is 16.8. The van der Waals surface area contributed by atoms with Crippen LogP contribution >= 0.6 is 11.8 Å². The van der Waals surface area contributed by atoms with Gasteiger partial charge in [0.25, 0.3) is 0 Å². The van der Waals surface area contributed by atoms with Crippen molar-refractivity contribution in [3.05, 3.63) is 94.7 Å². The molecule has 3 aromatic carbocycles. The van der Waals surface area contributed by atoms with Crippen LogP contribution in [0.1, 0.15) is 95.4 Å². The molecule has 1 aliphatic carbocycles. The molecule has 3 aromatic rings. The van der Waals surface area contributed by atoms with Gasteiger partial charge in [0.05, 0.1) is 29.7 Å². The number of nitrogens with one attached hydrogen (secondary N) is 1. The molecular formula is C42H56N4O3S. The Labute approximate surface area is 304 Å². The Morgan fingerprint density at radius 1 is 0.960 bits per heavy atom. The van der Waals surface area contributed by atoms with E-state index in [1.807, 2.05) is 44.3 Å². The number of hydrogen-bond acceptors (Lipinski definition) is 8. The van der Waals surface area contributed by atoms with Gasteiger partial charge in [-0.15, -0.1) is 0 Å². The largest absolute Gasteiger partial charge is 0.466 e. The second-order valence-electron chi connectivity index (χ2n) is 12.9. The Kier molecular flexibility index (Phi) is 15.6. The molecule has 0 aromatic heterocycles. The van der Waals surface area contributed by atoms with Crippen molar-refractivity contribution in [3.63, 3.8) is 0 Å². The van der Waals surface area contributed by atoms with Crippen LogP contribution in [0.4, 0.5) is 5.69 Å². The van der Waals surface area contributed by atoms with Crippen LogP contribution < -0.4 is 5.32 Å². The van der Waals surface area contributed by atoms with E-state index in [1.165, 1.54) is 95.8 Å². The fourth-order valence-electron chi connectivity index (χ4n) is 6.33. The van der Waals surface area contributed by atoms with E-state index in [1.54, 1.807) is 0 Å². The fraction of sp³-hybridized carbons (Fsp3) is 0.452. The second-order valence-corrected chi connectivity index (χ2v) is 14.0. The van der Waals surface area contributed by atoms with E-state index >= 15 is 0 Å². The first-order valence-corrected chi connectivity index (χ1v) is 19.2. The molecule has 0 radical (unpaired) electrons. The predicted octanol–water partition coefficient (Wildman–Crippen LogP) is 9.68. The fourth-order valence-corrected chi connectivity index (χ4v) is 7.40. The summed E-state index contributed by atoms with van der Waals surface area (Å²) in [6, 6.07) is 22.7. The molecule has 50 heavy (non-hydrogen) atoms. The molecule has 0 spiro atoms. The third-order valence-electron chi connectivity index (χ3n) is 9.47. The van der Waals surface area contributed by atoms with Crippen LogP contribution in [0, 0.1) is 0 Å². The number of ether oxygens (including phenoxy) is 1. The molecule has 1 unspecified atom stereocenters. The first kappa shape index (κ1) is 38.9. The van der Waals surface area contributed by atoms with Crippen molar-refractivity contribution in [2.45, 2.75) is 84.3 Å². The highest BCUT2D eigenvalue weighted by molar-refractivity contribution is 8.14. The Morgan fingerprint density at radius 2 is 1.62 bits per heavy atom. The summed E-state index contributed by atoms with van der Waals surface area (Å²) in [7, 11) is 4.10. The molecule has 2 aliphatic heterocycles.